The lowest BCUT2D eigenvalue weighted by molar-refractivity contribution is 0.676. The Hall–Kier alpha value is -2.84. The molecule has 0 unspecified atom stereocenters. The van der Waals surface area contributed by atoms with Crippen LogP contribution in [0.1, 0.15) is 40.4 Å². The molecule has 0 aliphatic carbocycles. The zero-order chi connectivity index (χ0) is 20.4. The van der Waals surface area contributed by atoms with E-state index in [1.807, 2.05) is 36.4 Å². The van der Waals surface area contributed by atoms with Gasteiger partial charge in [-0.3, -0.25) is 10.8 Å². The van der Waals surface area contributed by atoms with Crippen LogP contribution >= 0.6 is 22.7 Å². The van der Waals surface area contributed by atoms with Crippen LogP contribution in [0.5, 0.6) is 0 Å². The summed E-state index contributed by atoms with van der Waals surface area (Å²) in [5.74, 6) is 0.184. The van der Waals surface area contributed by atoms with Crippen LogP contribution in [0.3, 0.4) is 0 Å². The van der Waals surface area contributed by atoms with E-state index in [1.165, 1.54) is 0 Å². The van der Waals surface area contributed by atoms with Crippen LogP contribution < -0.4 is 11.5 Å². The highest BCUT2D eigenvalue weighted by atomic mass is 32.1. The van der Waals surface area contributed by atoms with Crippen molar-refractivity contribution in [3.63, 3.8) is 0 Å². The first-order valence-corrected chi connectivity index (χ1v) is 11.1. The summed E-state index contributed by atoms with van der Waals surface area (Å²) in [5.41, 5.74) is 14.6. The van der Waals surface area contributed by atoms with Gasteiger partial charge < -0.3 is 11.5 Å². The minimum Gasteiger partial charge on any atom is -0.384 e. The van der Waals surface area contributed by atoms with E-state index in [2.05, 4.69) is 9.97 Å². The number of benzene rings is 2. The third-order valence-corrected chi connectivity index (χ3v) is 6.92. The largest absolute Gasteiger partial charge is 0.384 e. The standard InChI is InChI=1S/C21H22N6S2/c22-20(23)12-6-8-14-16(10-12)28-18(26-14)4-2-1-3-5-19-27-15-9-7-13(21(24)25)11-17(15)29-19/h6-11H,1-5H2,(H3,22,23)(H3,24,25). The molecule has 0 aliphatic heterocycles. The molecule has 4 aromatic rings. The number of nitrogens with two attached hydrogens (primary N) is 2. The second kappa shape index (κ2) is 8.26. The third kappa shape index (κ3) is 4.44. The number of nitrogen functional groups attached to an aromatic ring is 2. The van der Waals surface area contributed by atoms with Gasteiger partial charge in [-0.1, -0.05) is 6.42 Å². The second-order valence-electron chi connectivity index (χ2n) is 6.97. The summed E-state index contributed by atoms with van der Waals surface area (Å²) >= 11 is 3.38. The van der Waals surface area contributed by atoms with Gasteiger partial charge in [-0.15, -0.1) is 22.7 Å². The molecule has 0 atom stereocenters. The van der Waals surface area contributed by atoms with Crippen molar-refractivity contribution in [3.8, 4) is 0 Å². The lowest BCUT2D eigenvalue weighted by Crippen LogP contribution is -2.10. The first-order valence-electron chi connectivity index (χ1n) is 9.47. The van der Waals surface area contributed by atoms with Crippen molar-refractivity contribution in [2.75, 3.05) is 0 Å². The van der Waals surface area contributed by atoms with Gasteiger partial charge in [-0.25, -0.2) is 9.97 Å². The number of unbranched alkanes of at least 4 members (excludes halogenated alkanes) is 2. The van der Waals surface area contributed by atoms with Gasteiger partial charge in [-0.05, 0) is 62.1 Å². The molecule has 6 nitrogen and oxygen atoms in total. The molecule has 4 rings (SSSR count). The van der Waals surface area contributed by atoms with E-state index >= 15 is 0 Å². The van der Waals surface area contributed by atoms with E-state index in [-0.39, 0.29) is 11.7 Å². The number of rotatable bonds is 8. The SMILES string of the molecule is N=C(N)c1ccc2nc(CCCCCc3nc4ccc(C(=N)N)cc4s3)sc2c1. The molecule has 0 radical (unpaired) electrons. The number of hydrogen-bond donors (Lipinski definition) is 4. The molecule has 0 spiro atoms. The summed E-state index contributed by atoms with van der Waals surface area (Å²) in [5, 5.41) is 17.4. The van der Waals surface area contributed by atoms with Crippen molar-refractivity contribution in [3.05, 3.63) is 57.5 Å². The molecule has 0 amide bonds. The summed E-state index contributed by atoms with van der Waals surface area (Å²) in [6, 6.07) is 11.5. The van der Waals surface area contributed by atoms with E-state index in [0.29, 0.717) is 0 Å². The smallest absolute Gasteiger partial charge is 0.122 e. The Labute approximate surface area is 176 Å². The fourth-order valence-electron chi connectivity index (χ4n) is 3.22. The highest BCUT2D eigenvalue weighted by Gasteiger charge is 2.08. The van der Waals surface area contributed by atoms with Gasteiger partial charge in [0.2, 0.25) is 0 Å². The van der Waals surface area contributed by atoms with Gasteiger partial charge >= 0.3 is 0 Å². The average molecular weight is 423 g/mol. The predicted octanol–water partition coefficient (Wildman–Crippen LogP) is 4.43. The van der Waals surface area contributed by atoms with Crippen LogP contribution in [0.25, 0.3) is 20.4 Å². The number of aromatic nitrogens is 2. The normalized spacial score (nSPS) is 11.3. The van der Waals surface area contributed by atoms with Gasteiger partial charge in [0, 0.05) is 11.1 Å². The quantitative estimate of drug-likeness (QED) is 0.190. The molecule has 6 N–H and O–H groups in total. The molecule has 0 saturated heterocycles. The number of amidine groups is 2. The third-order valence-electron chi connectivity index (χ3n) is 4.77. The molecular weight excluding hydrogens is 400 g/mol. The maximum Gasteiger partial charge on any atom is 0.122 e. The minimum absolute atomic E-state index is 0.0919. The number of nitrogens with zero attached hydrogens (tertiary/aromatic N) is 2. The van der Waals surface area contributed by atoms with E-state index in [4.69, 9.17) is 22.3 Å². The molecule has 0 aliphatic rings. The van der Waals surface area contributed by atoms with Crippen LogP contribution in [0.15, 0.2) is 36.4 Å². The highest BCUT2D eigenvalue weighted by molar-refractivity contribution is 7.18. The molecule has 2 heterocycles. The maximum absolute atomic E-state index is 7.55. The molecule has 8 heteroatoms. The van der Waals surface area contributed by atoms with E-state index in [0.717, 1.165) is 73.7 Å². The molecule has 0 bridgehead atoms. The van der Waals surface area contributed by atoms with Crippen molar-refractivity contribution in [2.45, 2.75) is 32.1 Å². The van der Waals surface area contributed by atoms with Gasteiger partial charge in [-0.2, -0.15) is 0 Å². The van der Waals surface area contributed by atoms with Crippen LogP contribution in [0.2, 0.25) is 0 Å². The maximum atomic E-state index is 7.55. The Kier molecular flexibility index (Phi) is 5.55. The summed E-state index contributed by atoms with van der Waals surface area (Å²) in [4.78, 5) is 9.38. The van der Waals surface area contributed by atoms with Crippen molar-refractivity contribution in [2.24, 2.45) is 11.5 Å². The second-order valence-corrected chi connectivity index (χ2v) is 9.20. The van der Waals surface area contributed by atoms with Crippen molar-refractivity contribution >= 4 is 54.8 Å². The Morgan fingerprint density at radius 2 is 1.17 bits per heavy atom. The molecule has 0 saturated carbocycles. The fourth-order valence-corrected chi connectivity index (χ4v) is 5.32. The monoisotopic (exact) mass is 422 g/mol. The van der Waals surface area contributed by atoms with E-state index in [1.54, 1.807) is 22.7 Å². The van der Waals surface area contributed by atoms with Crippen molar-refractivity contribution in [1.82, 2.24) is 9.97 Å². The van der Waals surface area contributed by atoms with Crippen molar-refractivity contribution in [1.29, 1.82) is 10.8 Å². The number of hydrogen-bond acceptors (Lipinski definition) is 6. The summed E-state index contributed by atoms with van der Waals surface area (Å²) in [7, 11) is 0. The Bertz CT molecular complexity index is 1110. The fraction of sp³-hybridized carbons (Fsp3) is 0.238. The molecule has 2 aromatic heterocycles. The first-order chi connectivity index (χ1) is 14.0. The highest BCUT2D eigenvalue weighted by Crippen LogP contribution is 2.26. The Morgan fingerprint density at radius 1 is 0.724 bits per heavy atom. The Morgan fingerprint density at radius 3 is 1.59 bits per heavy atom. The molecule has 148 valence electrons. The minimum atomic E-state index is 0.0919. The van der Waals surface area contributed by atoms with E-state index < -0.39 is 0 Å². The predicted molar refractivity (Wildman–Crippen MR) is 123 cm³/mol. The summed E-state index contributed by atoms with van der Waals surface area (Å²) in [6.45, 7) is 0. The van der Waals surface area contributed by atoms with Gasteiger partial charge in [0.25, 0.3) is 0 Å². The van der Waals surface area contributed by atoms with Gasteiger partial charge in [0.05, 0.1) is 30.4 Å². The van der Waals surface area contributed by atoms with Crippen LogP contribution in [-0.4, -0.2) is 21.6 Å². The van der Waals surface area contributed by atoms with Crippen molar-refractivity contribution < 1.29 is 0 Å². The topological polar surface area (TPSA) is 126 Å². The van der Waals surface area contributed by atoms with Crippen LogP contribution in [-0.2, 0) is 12.8 Å². The zero-order valence-electron chi connectivity index (χ0n) is 15.9. The number of nitrogens with one attached hydrogen (secondary N) is 2. The first kappa shape index (κ1) is 19.5. The lowest BCUT2D eigenvalue weighted by Gasteiger charge is -1.97. The summed E-state index contributed by atoms with van der Waals surface area (Å²) in [6.07, 6.45) is 5.26. The molecule has 0 fully saturated rings. The Balaban J connectivity index is 1.29. The zero-order valence-corrected chi connectivity index (χ0v) is 17.5. The molecular formula is C21H22N6S2. The van der Waals surface area contributed by atoms with Gasteiger partial charge in [0.15, 0.2) is 0 Å². The number of aryl methyl sites for hydroxylation is 2. The van der Waals surface area contributed by atoms with Gasteiger partial charge in [0.1, 0.15) is 11.7 Å². The molecule has 29 heavy (non-hydrogen) atoms. The summed E-state index contributed by atoms with van der Waals surface area (Å²) < 4.78 is 2.18. The average Bonchev–Trinajstić information content (AvgIpc) is 3.29. The van der Waals surface area contributed by atoms with Crippen LogP contribution in [0.4, 0.5) is 0 Å². The number of thiazole rings is 2. The lowest BCUT2D eigenvalue weighted by atomic mass is 10.1. The van der Waals surface area contributed by atoms with Crippen LogP contribution in [0, 0.1) is 10.8 Å². The molecule has 2 aromatic carbocycles. The number of fused-ring (bicyclic) bond motifs is 2. The van der Waals surface area contributed by atoms with E-state index in [9.17, 15) is 0 Å².